The predicted molar refractivity (Wildman–Crippen MR) is 53.9 cm³/mol. The van der Waals surface area contributed by atoms with E-state index in [1.54, 1.807) is 4.90 Å². The molecule has 1 fully saturated rings. The van der Waals surface area contributed by atoms with Crippen molar-refractivity contribution >= 4 is 6.41 Å². The molecule has 0 aliphatic carbocycles. The van der Waals surface area contributed by atoms with Crippen molar-refractivity contribution in [3.63, 3.8) is 0 Å². The van der Waals surface area contributed by atoms with Gasteiger partial charge in [0.05, 0.1) is 6.54 Å². The van der Waals surface area contributed by atoms with Gasteiger partial charge in [0, 0.05) is 6.54 Å². The van der Waals surface area contributed by atoms with E-state index >= 15 is 0 Å². The molecule has 1 N–H and O–H groups in total. The van der Waals surface area contributed by atoms with E-state index < -0.39 is 5.67 Å². The van der Waals surface area contributed by atoms with E-state index in [1.165, 1.54) is 0 Å². The maximum atomic E-state index is 14.1. The smallest absolute Gasteiger partial charge is 0.209 e. The molecule has 0 saturated carbocycles. The van der Waals surface area contributed by atoms with E-state index in [0.717, 1.165) is 25.8 Å². The minimum Gasteiger partial charge on any atom is -0.342 e. The molecule has 1 aliphatic rings. The lowest BCUT2D eigenvalue weighted by molar-refractivity contribution is -0.122. The van der Waals surface area contributed by atoms with Crippen LogP contribution in [0.4, 0.5) is 4.39 Å². The molecule has 1 saturated heterocycles. The van der Waals surface area contributed by atoms with Gasteiger partial charge in [-0.15, -0.1) is 0 Å². The number of likely N-dealkylation sites (tertiary alicyclic amines) is 1. The van der Waals surface area contributed by atoms with E-state index in [9.17, 15) is 9.18 Å². The molecule has 0 spiro atoms. The minimum absolute atomic E-state index is 0.278. The molecular weight excluding hydrogens is 183 g/mol. The molecule has 4 heteroatoms. The fourth-order valence-corrected chi connectivity index (χ4v) is 2.00. The summed E-state index contributed by atoms with van der Waals surface area (Å²) in [5.74, 6) is 0. The van der Waals surface area contributed by atoms with E-state index in [1.807, 2.05) is 7.05 Å². The maximum Gasteiger partial charge on any atom is 0.209 e. The van der Waals surface area contributed by atoms with Crippen LogP contribution in [0.5, 0.6) is 0 Å². The van der Waals surface area contributed by atoms with Gasteiger partial charge in [-0.2, -0.15) is 0 Å². The Labute approximate surface area is 84.7 Å². The van der Waals surface area contributed by atoms with Gasteiger partial charge in [-0.05, 0) is 39.3 Å². The van der Waals surface area contributed by atoms with Gasteiger partial charge in [0.25, 0.3) is 0 Å². The van der Waals surface area contributed by atoms with Gasteiger partial charge in [0.2, 0.25) is 6.41 Å². The first kappa shape index (κ1) is 11.4. The molecule has 1 aliphatic heterocycles. The average Bonchev–Trinajstić information content (AvgIpc) is 2.18. The van der Waals surface area contributed by atoms with Crippen molar-refractivity contribution in [2.24, 2.45) is 0 Å². The number of nitrogens with zero attached hydrogens (tertiary/aromatic N) is 1. The number of carbonyl (C=O) groups excluding carboxylic acids is 1. The molecule has 82 valence electrons. The summed E-state index contributed by atoms with van der Waals surface area (Å²) in [6.07, 6.45) is 3.53. The van der Waals surface area contributed by atoms with Crippen LogP contribution < -0.4 is 5.32 Å². The van der Waals surface area contributed by atoms with Crippen LogP contribution in [0.15, 0.2) is 0 Å². The number of carbonyl (C=O) groups is 1. The zero-order valence-corrected chi connectivity index (χ0v) is 8.76. The molecule has 1 heterocycles. The van der Waals surface area contributed by atoms with Crippen molar-refractivity contribution in [3.8, 4) is 0 Å². The van der Waals surface area contributed by atoms with Gasteiger partial charge >= 0.3 is 0 Å². The largest absolute Gasteiger partial charge is 0.342 e. The zero-order valence-electron chi connectivity index (χ0n) is 8.76. The van der Waals surface area contributed by atoms with Crippen LogP contribution >= 0.6 is 0 Å². The molecule has 1 rings (SSSR count). The van der Waals surface area contributed by atoms with Crippen LogP contribution in [0.3, 0.4) is 0 Å². The van der Waals surface area contributed by atoms with E-state index in [-0.39, 0.29) is 6.54 Å². The monoisotopic (exact) mass is 202 g/mol. The van der Waals surface area contributed by atoms with E-state index in [4.69, 9.17) is 0 Å². The molecule has 14 heavy (non-hydrogen) atoms. The summed E-state index contributed by atoms with van der Waals surface area (Å²) < 4.78 is 14.1. The minimum atomic E-state index is -1.14. The number of alkyl halides is 1. The maximum absolute atomic E-state index is 14.1. The zero-order chi connectivity index (χ0) is 10.4. The molecule has 1 atom stereocenters. The second kappa shape index (κ2) is 5.29. The number of hydrogen-bond acceptors (Lipinski definition) is 2. The Kier molecular flexibility index (Phi) is 4.32. The molecule has 0 aromatic carbocycles. The molecular formula is C10H19FN2O. The summed E-state index contributed by atoms with van der Waals surface area (Å²) in [6, 6.07) is 0. The number of nitrogens with one attached hydrogen (secondary N) is 1. The Morgan fingerprint density at radius 2 is 2.43 bits per heavy atom. The van der Waals surface area contributed by atoms with Crippen LogP contribution in [-0.4, -0.2) is 43.7 Å². The van der Waals surface area contributed by atoms with Crippen LogP contribution in [0, 0.1) is 0 Å². The van der Waals surface area contributed by atoms with Gasteiger partial charge in [0.1, 0.15) is 5.67 Å². The molecule has 1 unspecified atom stereocenters. The van der Waals surface area contributed by atoms with E-state index in [0.29, 0.717) is 19.4 Å². The highest BCUT2D eigenvalue weighted by atomic mass is 19.1. The van der Waals surface area contributed by atoms with Crippen molar-refractivity contribution in [2.45, 2.75) is 31.4 Å². The molecule has 3 nitrogen and oxygen atoms in total. The summed E-state index contributed by atoms with van der Waals surface area (Å²) in [5, 5.41) is 3.00. The van der Waals surface area contributed by atoms with Crippen LogP contribution in [0.1, 0.15) is 25.7 Å². The highest BCUT2D eigenvalue weighted by Gasteiger charge is 2.34. The van der Waals surface area contributed by atoms with Crippen molar-refractivity contribution in [2.75, 3.05) is 26.7 Å². The third kappa shape index (κ3) is 3.25. The first-order valence-corrected chi connectivity index (χ1v) is 5.23. The van der Waals surface area contributed by atoms with Crippen molar-refractivity contribution in [3.05, 3.63) is 0 Å². The Morgan fingerprint density at radius 1 is 1.64 bits per heavy atom. The van der Waals surface area contributed by atoms with Crippen molar-refractivity contribution < 1.29 is 9.18 Å². The molecule has 1 amide bonds. The number of rotatable bonds is 5. The van der Waals surface area contributed by atoms with E-state index in [2.05, 4.69) is 5.32 Å². The van der Waals surface area contributed by atoms with Gasteiger partial charge in [-0.25, -0.2) is 4.39 Å². The Morgan fingerprint density at radius 3 is 3.07 bits per heavy atom. The molecule has 0 bridgehead atoms. The van der Waals surface area contributed by atoms with Crippen LogP contribution in [0.25, 0.3) is 0 Å². The summed E-state index contributed by atoms with van der Waals surface area (Å²) in [7, 11) is 1.86. The Hall–Kier alpha value is -0.640. The van der Waals surface area contributed by atoms with Gasteiger partial charge < -0.3 is 10.2 Å². The highest BCUT2D eigenvalue weighted by molar-refractivity contribution is 5.47. The van der Waals surface area contributed by atoms with Crippen molar-refractivity contribution in [1.82, 2.24) is 10.2 Å². The highest BCUT2D eigenvalue weighted by Crippen LogP contribution is 2.28. The quantitative estimate of drug-likeness (QED) is 0.531. The summed E-state index contributed by atoms with van der Waals surface area (Å²) in [6.45, 7) is 1.83. The lowest BCUT2D eigenvalue weighted by atomic mass is 9.90. The summed E-state index contributed by atoms with van der Waals surface area (Å²) in [4.78, 5) is 12.1. The standard InChI is InChI=1S/C10H19FN2O/c1-12-6-2-4-10(11)5-3-7-13(8-10)9-14/h9,12H,2-8H2,1H3. The first-order chi connectivity index (χ1) is 6.70. The number of piperidine rings is 1. The third-order valence-corrected chi connectivity index (χ3v) is 2.76. The molecule has 0 aromatic heterocycles. The van der Waals surface area contributed by atoms with Gasteiger partial charge in [-0.1, -0.05) is 0 Å². The van der Waals surface area contributed by atoms with Gasteiger partial charge in [0.15, 0.2) is 0 Å². The SMILES string of the molecule is CNCCCC1(F)CCCN(C=O)C1. The summed E-state index contributed by atoms with van der Waals surface area (Å²) in [5.41, 5.74) is -1.14. The van der Waals surface area contributed by atoms with Crippen LogP contribution in [0.2, 0.25) is 0 Å². The van der Waals surface area contributed by atoms with Gasteiger partial charge in [-0.3, -0.25) is 4.79 Å². The number of hydrogen-bond donors (Lipinski definition) is 1. The fourth-order valence-electron chi connectivity index (χ4n) is 2.00. The topological polar surface area (TPSA) is 32.3 Å². The molecule has 0 aromatic rings. The Balaban J connectivity index is 2.34. The third-order valence-electron chi connectivity index (χ3n) is 2.76. The average molecular weight is 202 g/mol. The number of amides is 1. The lowest BCUT2D eigenvalue weighted by Gasteiger charge is -2.35. The van der Waals surface area contributed by atoms with Crippen LogP contribution in [-0.2, 0) is 4.79 Å². The predicted octanol–water partition coefficient (Wildman–Crippen LogP) is 0.946. The Bertz CT molecular complexity index is 189. The second-order valence-electron chi connectivity index (χ2n) is 4.04. The molecule has 0 radical (unpaired) electrons. The summed E-state index contributed by atoms with van der Waals surface area (Å²) >= 11 is 0. The first-order valence-electron chi connectivity index (χ1n) is 5.23. The second-order valence-corrected chi connectivity index (χ2v) is 4.04. The number of halogens is 1. The lowest BCUT2D eigenvalue weighted by Crippen LogP contribution is -2.44. The fraction of sp³-hybridized carbons (Fsp3) is 0.900. The normalized spacial score (nSPS) is 27.7. The van der Waals surface area contributed by atoms with Crippen molar-refractivity contribution in [1.29, 1.82) is 0 Å².